The van der Waals surface area contributed by atoms with Crippen molar-refractivity contribution < 1.29 is 14.6 Å². The Labute approximate surface area is 120 Å². The molecule has 0 saturated carbocycles. The third kappa shape index (κ3) is 3.73. The lowest BCUT2D eigenvalue weighted by Crippen LogP contribution is -2.47. The van der Waals surface area contributed by atoms with Crippen LogP contribution in [-0.2, 0) is 11.2 Å². The number of carbonyl (C=O) groups is 1. The standard InChI is InChI=1S/C16H23NO3/c1-3-20-15(18)17-10-8-16(19,9-11-17)12-14-6-4-13(2)5-7-14/h4-7,19H,3,8-12H2,1-2H3. The SMILES string of the molecule is CCOC(=O)N1CCC(O)(Cc2ccc(C)cc2)CC1. The number of rotatable bonds is 3. The Morgan fingerprint density at radius 3 is 2.45 bits per heavy atom. The summed E-state index contributed by atoms with van der Waals surface area (Å²) in [7, 11) is 0. The molecule has 1 N–H and O–H groups in total. The minimum Gasteiger partial charge on any atom is -0.450 e. The summed E-state index contributed by atoms with van der Waals surface area (Å²) in [6.07, 6.45) is 1.56. The molecule has 0 radical (unpaired) electrons. The van der Waals surface area contributed by atoms with Crippen molar-refractivity contribution >= 4 is 6.09 Å². The normalized spacial score (nSPS) is 17.9. The zero-order chi connectivity index (χ0) is 14.6. The van der Waals surface area contributed by atoms with Crippen LogP contribution < -0.4 is 0 Å². The Morgan fingerprint density at radius 2 is 1.90 bits per heavy atom. The highest BCUT2D eigenvalue weighted by atomic mass is 16.6. The quantitative estimate of drug-likeness (QED) is 0.923. The molecule has 1 aromatic carbocycles. The molecule has 20 heavy (non-hydrogen) atoms. The molecule has 110 valence electrons. The van der Waals surface area contributed by atoms with E-state index in [4.69, 9.17) is 4.74 Å². The summed E-state index contributed by atoms with van der Waals surface area (Å²) in [4.78, 5) is 13.3. The highest BCUT2D eigenvalue weighted by Crippen LogP contribution is 2.26. The van der Waals surface area contributed by atoms with Gasteiger partial charge in [0.25, 0.3) is 0 Å². The lowest BCUT2D eigenvalue weighted by Gasteiger charge is -2.37. The molecule has 2 rings (SSSR count). The van der Waals surface area contributed by atoms with Crippen LogP contribution in [0.25, 0.3) is 0 Å². The van der Waals surface area contributed by atoms with Gasteiger partial charge in [0.05, 0.1) is 12.2 Å². The van der Waals surface area contributed by atoms with Crippen LogP contribution in [0.2, 0.25) is 0 Å². The van der Waals surface area contributed by atoms with Gasteiger partial charge in [0.2, 0.25) is 0 Å². The highest BCUT2D eigenvalue weighted by Gasteiger charge is 2.34. The summed E-state index contributed by atoms with van der Waals surface area (Å²) in [5.74, 6) is 0. The summed E-state index contributed by atoms with van der Waals surface area (Å²) in [6, 6.07) is 8.24. The number of likely N-dealkylation sites (tertiary alicyclic amines) is 1. The van der Waals surface area contributed by atoms with E-state index < -0.39 is 5.60 Å². The fourth-order valence-corrected chi connectivity index (χ4v) is 2.58. The molecule has 1 aromatic rings. The van der Waals surface area contributed by atoms with Crippen molar-refractivity contribution in [2.45, 2.75) is 38.7 Å². The van der Waals surface area contributed by atoms with E-state index in [0.717, 1.165) is 5.56 Å². The Bertz CT molecular complexity index is 447. The number of ether oxygens (including phenoxy) is 1. The fraction of sp³-hybridized carbons (Fsp3) is 0.562. The van der Waals surface area contributed by atoms with Crippen molar-refractivity contribution in [3.63, 3.8) is 0 Å². The van der Waals surface area contributed by atoms with Gasteiger partial charge < -0.3 is 14.7 Å². The smallest absolute Gasteiger partial charge is 0.409 e. The van der Waals surface area contributed by atoms with Crippen molar-refractivity contribution in [1.29, 1.82) is 0 Å². The predicted octanol–water partition coefficient (Wildman–Crippen LogP) is 2.52. The van der Waals surface area contributed by atoms with Crippen LogP contribution in [0.3, 0.4) is 0 Å². The molecule has 1 heterocycles. The molecule has 0 bridgehead atoms. The monoisotopic (exact) mass is 277 g/mol. The van der Waals surface area contributed by atoms with E-state index in [2.05, 4.69) is 31.2 Å². The number of hydrogen-bond acceptors (Lipinski definition) is 3. The van der Waals surface area contributed by atoms with Crippen molar-refractivity contribution in [2.24, 2.45) is 0 Å². The van der Waals surface area contributed by atoms with Crippen LogP contribution in [0.15, 0.2) is 24.3 Å². The van der Waals surface area contributed by atoms with Crippen LogP contribution in [0.5, 0.6) is 0 Å². The minimum atomic E-state index is -0.710. The first kappa shape index (κ1) is 14.9. The first-order valence-electron chi connectivity index (χ1n) is 7.22. The van der Waals surface area contributed by atoms with Gasteiger partial charge in [0.15, 0.2) is 0 Å². The third-order valence-electron chi connectivity index (χ3n) is 3.87. The fourth-order valence-electron chi connectivity index (χ4n) is 2.58. The van der Waals surface area contributed by atoms with Gasteiger partial charge in [-0.2, -0.15) is 0 Å². The number of hydrogen-bond donors (Lipinski definition) is 1. The first-order chi connectivity index (χ1) is 9.52. The third-order valence-corrected chi connectivity index (χ3v) is 3.87. The van der Waals surface area contributed by atoms with Crippen LogP contribution in [0.1, 0.15) is 30.9 Å². The van der Waals surface area contributed by atoms with E-state index in [0.29, 0.717) is 39.0 Å². The van der Waals surface area contributed by atoms with Crippen LogP contribution in [0.4, 0.5) is 4.79 Å². The lowest BCUT2D eigenvalue weighted by molar-refractivity contribution is -0.0194. The molecule has 1 aliphatic heterocycles. The van der Waals surface area contributed by atoms with Crippen molar-refractivity contribution in [3.05, 3.63) is 35.4 Å². The van der Waals surface area contributed by atoms with E-state index in [1.165, 1.54) is 5.56 Å². The van der Waals surface area contributed by atoms with Gasteiger partial charge in [0.1, 0.15) is 0 Å². The number of amides is 1. The Balaban J connectivity index is 1.91. The maximum atomic E-state index is 11.6. The van der Waals surface area contributed by atoms with Gasteiger partial charge in [0, 0.05) is 19.5 Å². The minimum absolute atomic E-state index is 0.273. The predicted molar refractivity (Wildman–Crippen MR) is 77.7 cm³/mol. The number of piperidine rings is 1. The van der Waals surface area contributed by atoms with Gasteiger partial charge in [-0.1, -0.05) is 29.8 Å². The molecule has 1 amide bonds. The van der Waals surface area contributed by atoms with Crippen LogP contribution in [0, 0.1) is 6.92 Å². The summed E-state index contributed by atoms with van der Waals surface area (Å²) in [5, 5.41) is 10.6. The van der Waals surface area contributed by atoms with Gasteiger partial charge >= 0.3 is 6.09 Å². The molecule has 0 aliphatic carbocycles. The highest BCUT2D eigenvalue weighted by molar-refractivity contribution is 5.67. The Kier molecular flexibility index (Phi) is 4.65. The number of benzene rings is 1. The zero-order valence-electron chi connectivity index (χ0n) is 12.3. The maximum absolute atomic E-state index is 11.6. The average molecular weight is 277 g/mol. The number of carbonyl (C=O) groups excluding carboxylic acids is 1. The Morgan fingerprint density at radius 1 is 1.30 bits per heavy atom. The molecule has 4 heteroatoms. The van der Waals surface area contributed by atoms with E-state index in [1.54, 1.807) is 11.8 Å². The maximum Gasteiger partial charge on any atom is 0.409 e. The second kappa shape index (κ2) is 6.27. The van der Waals surface area contributed by atoms with E-state index in [-0.39, 0.29) is 6.09 Å². The van der Waals surface area contributed by atoms with Gasteiger partial charge in [-0.3, -0.25) is 0 Å². The molecule has 1 fully saturated rings. The first-order valence-corrected chi connectivity index (χ1v) is 7.22. The number of aliphatic hydroxyl groups is 1. The summed E-state index contributed by atoms with van der Waals surface area (Å²) < 4.78 is 4.99. The van der Waals surface area contributed by atoms with Gasteiger partial charge in [-0.15, -0.1) is 0 Å². The molecule has 4 nitrogen and oxygen atoms in total. The molecule has 0 aromatic heterocycles. The number of nitrogens with zero attached hydrogens (tertiary/aromatic N) is 1. The van der Waals surface area contributed by atoms with Crippen LogP contribution in [-0.4, -0.2) is 41.4 Å². The summed E-state index contributed by atoms with van der Waals surface area (Å²) >= 11 is 0. The average Bonchev–Trinajstić information content (AvgIpc) is 2.42. The number of aryl methyl sites for hydroxylation is 1. The second-order valence-electron chi connectivity index (χ2n) is 5.57. The topological polar surface area (TPSA) is 49.8 Å². The van der Waals surface area contributed by atoms with Crippen molar-refractivity contribution in [2.75, 3.05) is 19.7 Å². The van der Waals surface area contributed by atoms with Gasteiger partial charge in [-0.25, -0.2) is 4.79 Å². The molecule has 1 aliphatic rings. The molecule has 0 unspecified atom stereocenters. The van der Waals surface area contributed by atoms with E-state index in [1.807, 2.05) is 0 Å². The van der Waals surface area contributed by atoms with Crippen molar-refractivity contribution in [3.8, 4) is 0 Å². The molecular formula is C16H23NO3. The van der Waals surface area contributed by atoms with Crippen molar-refractivity contribution in [1.82, 2.24) is 4.90 Å². The van der Waals surface area contributed by atoms with E-state index >= 15 is 0 Å². The van der Waals surface area contributed by atoms with Crippen LogP contribution >= 0.6 is 0 Å². The molecule has 1 saturated heterocycles. The van der Waals surface area contributed by atoms with Gasteiger partial charge in [-0.05, 0) is 32.3 Å². The molecule has 0 spiro atoms. The summed E-state index contributed by atoms with van der Waals surface area (Å²) in [5.41, 5.74) is 1.65. The zero-order valence-corrected chi connectivity index (χ0v) is 12.3. The second-order valence-corrected chi connectivity index (χ2v) is 5.57. The van der Waals surface area contributed by atoms with E-state index in [9.17, 15) is 9.90 Å². The Hall–Kier alpha value is -1.55. The molecule has 0 atom stereocenters. The summed E-state index contributed by atoms with van der Waals surface area (Å²) in [6.45, 7) is 5.36. The largest absolute Gasteiger partial charge is 0.450 e. The molecular weight excluding hydrogens is 254 g/mol. The lowest BCUT2D eigenvalue weighted by atomic mass is 9.85.